The molecule has 3 heterocycles. The molecule has 18 heavy (non-hydrogen) atoms. The molecule has 0 fully saturated rings. The van der Waals surface area contributed by atoms with Crippen molar-refractivity contribution in [2.75, 3.05) is 0 Å². The third kappa shape index (κ3) is 1.33. The summed E-state index contributed by atoms with van der Waals surface area (Å²) in [5.74, 6) is 0.613. The van der Waals surface area contributed by atoms with Crippen LogP contribution in [0.2, 0.25) is 0 Å². The SMILES string of the molecule is N#CC1=C(N)Cc2nc(-c3ccco3)nn2C1=O. The van der Waals surface area contributed by atoms with E-state index in [1.54, 1.807) is 18.2 Å². The highest BCUT2D eigenvalue weighted by atomic mass is 16.3. The van der Waals surface area contributed by atoms with Gasteiger partial charge >= 0.3 is 0 Å². The molecule has 0 aliphatic carbocycles. The van der Waals surface area contributed by atoms with Crippen LogP contribution in [0.3, 0.4) is 0 Å². The molecule has 2 aromatic heterocycles. The van der Waals surface area contributed by atoms with Crippen LogP contribution in [0.1, 0.15) is 10.6 Å². The summed E-state index contributed by atoms with van der Waals surface area (Å²) in [7, 11) is 0. The fraction of sp³-hybridized carbons (Fsp3) is 0.0909. The average molecular weight is 241 g/mol. The predicted molar refractivity (Wildman–Crippen MR) is 58.9 cm³/mol. The van der Waals surface area contributed by atoms with Gasteiger partial charge in [0.25, 0.3) is 5.91 Å². The number of hydrogen-bond acceptors (Lipinski definition) is 6. The lowest BCUT2D eigenvalue weighted by atomic mass is 10.1. The van der Waals surface area contributed by atoms with E-state index >= 15 is 0 Å². The normalized spacial score (nSPS) is 14.5. The van der Waals surface area contributed by atoms with E-state index in [0.717, 1.165) is 4.68 Å². The molecule has 88 valence electrons. The van der Waals surface area contributed by atoms with Crippen LogP contribution >= 0.6 is 0 Å². The molecule has 0 spiro atoms. The quantitative estimate of drug-likeness (QED) is 0.776. The molecule has 0 aromatic carbocycles. The van der Waals surface area contributed by atoms with E-state index in [1.165, 1.54) is 6.26 Å². The third-order valence-corrected chi connectivity index (χ3v) is 2.60. The average Bonchev–Trinajstić information content (AvgIpc) is 2.96. The van der Waals surface area contributed by atoms with Crippen LogP contribution in [0.25, 0.3) is 11.6 Å². The van der Waals surface area contributed by atoms with Gasteiger partial charge in [-0.25, -0.2) is 4.98 Å². The minimum Gasteiger partial charge on any atom is -0.461 e. The van der Waals surface area contributed by atoms with Gasteiger partial charge in [0.2, 0.25) is 5.82 Å². The summed E-state index contributed by atoms with van der Waals surface area (Å²) in [5.41, 5.74) is 5.79. The van der Waals surface area contributed by atoms with Crippen molar-refractivity contribution in [1.29, 1.82) is 5.26 Å². The zero-order chi connectivity index (χ0) is 12.7. The highest BCUT2D eigenvalue weighted by molar-refractivity contribution is 6.00. The number of carbonyl (C=O) groups excluding carboxylic acids is 1. The van der Waals surface area contributed by atoms with Crippen molar-refractivity contribution in [2.45, 2.75) is 6.42 Å². The van der Waals surface area contributed by atoms with E-state index in [9.17, 15) is 4.79 Å². The zero-order valence-corrected chi connectivity index (χ0v) is 9.12. The topological polar surface area (TPSA) is 111 Å². The van der Waals surface area contributed by atoms with Crippen molar-refractivity contribution in [3.63, 3.8) is 0 Å². The van der Waals surface area contributed by atoms with Gasteiger partial charge in [-0.1, -0.05) is 0 Å². The van der Waals surface area contributed by atoms with E-state index < -0.39 is 5.91 Å². The maximum atomic E-state index is 11.9. The van der Waals surface area contributed by atoms with Crippen LogP contribution in [0, 0.1) is 11.3 Å². The first-order valence-corrected chi connectivity index (χ1v) is 5.14. The Balaban J connectivity index is 2.10. The molecule has 7 heteroatoms. The second-order valence-corrected chi connectivity index (χ2v) is 3.73. The highest BCUT2D eigenvalue weighted by Crippen LogP contribution is 2.21. The van der Waals surface area contributed by atoms with Crippen molar-refractivity contribution in [2.24, 2.45) is 5.73 Å². The molecule has 7 nitrogen and oxygen atoms in total. The monoisotopic (exact) mass is 241 g/mol. The first kappa shape index (κ1) is 10.3. The summed E-state index contributed by atoms with van der Waals surface area (Å²) < 4.78 is 6.24. The molecule has 0 unspecified atom stereocenters. The van der Waals surface area contributed by atoms with Crippen molar-refractivity contribution >= 4 is 5.91 Å². The van der Waals surface area contributed by atoms with Crippen LogP contribution in [-0.2, 0) is 6.42 Å². The summed E-state index contributed by atoms with van der Waals surface area (Å²) in [4.78, 5) is 16.1. The molecule has 1 aliphatic heterocycles. The van der Waals surface area contributed by atoms with E-state index in [1.807, 2.05) is 0 Å². The molecular weight excluding hydrogens is 234 g/mol. The summed E-state index contributed by atoms with van der Waals surface area (Å²) in [6.07, 6.45) is 1.72. The molecule has 2 N–H and O–H groups in total. The minimum atomic E-state index is -0.554. The molecule has 0 radical (unpaired) electrons. The number of nitrogens with two attached hydrogens (primary N) is 1. The number of hydrogen-bond donors (Lipinski definition) is 1. The lowest BCUT2D eigenvalue weighted by molar-refractivity contribution is 0.0935. The Morgan fingerprint density at radius 2 is 2.39 bits per heavy atom. The maximum absolute atomic E-state index is 11.9. The third-order valence-electron chi connectivity index (χ3n) is 2.60. The lowest BCUT2D eigenvalue weighted by Crippen LogP contribution is -2.27. The summed E-state index contributed by atoms with van der Waals surface area (Å²) >= 11 is 0. The number of furan rings is 1. The Bertz CT molecular complexity index is 702. The van der Waals surface area contributed by atoms with Gasteiger partial charge in [0, 0.05) is 12.1 Å². The van der Waals surface area contributed by atoms with Crippen molar-refractivity contribution < 1.29 is 9.21 Å². The van der Waals surface area contributed by atoms with Crippen molar-refractivity contribution in [3.8, 4) is 17.7 Å². The molecule has 0 atom stereocenters. The van der Waals surface area contributed by atoms with Crippen LogP contribution < -0.4 is 5.73 Å². The maximum Gasteiger partial charge on any atom is 0.292 e. The molecule has 3 rings (SSSR count). The second kappa shape index (κ2) is 3.56. The van der Waals surface area contributed by atoms with Gasteiger partial charge in [-0.2, -0.15) is 9.94 Å². The van der Waals surface area contributed by atoms with Gasteiger partial charge in [-0.3, -0.25) is 4.79 Å². The van der Waals surface area contributed by atoms with E-state index in [0.29, 0.717) is 17.4 Å². The van der Waals surface area contributed by atoms with Gasteiger partial charge < -0.3 is 10.2 Å². The van der Waals surface area contributed by atoms with Crippen LogP contribution in [0.5, 0.6) is 0 Å². The van der Waals surface area contributed by atoms with Gasteiger partial charge in [0.15, 0.2) is 5.76 Å². The summed E-state index contributed by atoms with van der Waals surface area (Å²) in [6, 6.07) is 5.17. The van der Waals surface area contributed by atoms with E-state index in [4.69, 9.17) is 15.4 Å². The molecule has 1 aliphatic rings. The van der Waals surface area contributed by atoms with E-state index in [2.05, 4.69) is 10.1 Å². The molecule has 0 amide bonds. The first-order chi connectivity index (χ1) is 8.70. The lowest BCUT2D eigenvalue weighted by Gasteiger charge is -2.11. The zero-order valence-electron chi connectivity index (χ0n) is 9.12. The fourth-order valence-electron chi connectivity index (χ4n) is 1.75. The number of rotatable bonds is 1. The Morgan fingerprint density at radius 3 is 3.06 bits per heavy atom. The summed E-state index contributed by atoms with van der Waals surface area (Å²) in [5, 5.41) is 12.9. The molecule has 0 saturated heterocycles. The standard InChI is InChI=1S/C11H7N5O2/c12-5-6-7(13)4-9-14-10(8-2-1-3-18-8)15-16(9)11(6)17/h1-3H,4,13H2. The molecule has 0 bridgehead atoms. The largest absolute Gasteiger partial charge is 0.461 e. The fourth-order valence-corrected chi connectivity index (χ4v) is 1.75. The van der Waals surface area contributed by atoms with Crippen LogP contribution in [-0.4, -0.2) is 20.7 Å². The molecule has 2 aromatic rings. The smallest absolute Gasteiger partial charge is 0.292 e. The van der Waals surface area contributed by atoms with Crippen LogP contribution in [0.4, 0.5) is 0 Å². The van der Waals surface area contributed by atoms with Gasteiger partial charge in [0.05, 0.1) is 6.26 Å². The Morgan fingerprint density at radius 1 is 1.56 bits per heavy atom. The molecule has 0 saturated carbocycles. The highest BCUT2D eigenvalue weighted by Gasteiger charge is 2.28. The number of carbonyl (C=O) groups is 1. The van der Waals surface area contributed by atoms with Crippen LogP contribution in [0.15, 0.2) is 34.1 Å². The number of nitriles is 1. The number of allylic oxidation sites excluding steroid dienone is 2. The first-order valence-electron chi connectivity index (χ1n) is 5.14. The number of nitrogens with zero attached hydrogens (tertiary/aromatic N) is 4. The van der Waals surface area contributed by atoms with Gasteiger partial charge in [-0.05, 0) is 12.1 Å². The Kier molecular flexibility index (Phi) is 2.04. The van der Waals surface area contributed by atoms with Gasteiger partial charge in [-0.15, -0.1) is 5.10 Å². The number of fused-ring (bicyclic) bond motifs is 1. The predicted octanol–water partition coefficient (Wildman–Crippen LogP) is 0.471. The Labute approximate surface area is 101 Å². The van der Waals surface area contributed by atoms with Gasteiger partial charge in [0.1, 0.15) is 17.5 Å². The number of aromatic nitrogens is 3. The Hall–Kier alpha value is -2.88. The van der Waals surface area contributed by atoms with E-state index in [-0.39, 0.29) is 17.7 Å². The molecular formula is C11H7N5O2. The van der Waals surface area contributed by atoms with Crippen molar-refractivity contribution in [1.82, 2.24) is 14.8 Å². The second-order valence-electron chi connectivity index (χ2n) is 3.73. The summed E-state index contributed by atoms with van der Waals surface area (Å²) in [6.45, 7) is 0. The van der Waals surface area contributed by atoms with Crippen molar-refractivity contribution in [3.05, 3.63) is 35.5 Å². The minimum absolute atomic E-state index is 0.0848.